The van der Waals surface area contributed by atoms with Crippen molar-refractivity contribution in [1.82, 2.24) is 5.32 Å². The number of carboxylic acid groups (broad SMARTS) is 1. The molecule has 0 saturated carbocycles. The normalized spacial score (nSPS) is 12.7. The first-order valence-electron chi connectivity index (χ1n) is 5.81. The molecule has 1 aromatic carbocycles. The second-order valence-electron chi connectivity index (χ2n) is 4.61. The van der Waals surface area contributed by atoms with Crippen LogP contribution in [0.25, 0.3) is 0 Å². The van der Waals surface area contributed by atoms with Crippen molar-refractivity contribution in [3.05, 3.63) is 34.1 Å². The molecule has 0 amide bonds. The zero-order valence-electron chi connectivity index (χ0n) is 10.4. The molecule has 1 aromatic rings. The molecule has 0 saturated heterocycles. The lowest BCUT2D eigenvalue weighted by atomic mass is 10.0. The molecular formula is C13H17BrFNO2. The highest BCUT2D eigenvalue weighted by Gasteiger charge is 2.18. The third-order valence-electron chi connectivity index (χ3n) is 2.58. The van der Waals surface area contributed by atoms with Crippen LogP contribution in [0.2, 0.25) is 0 Å². The van der Waals surface area contributed by atoms with Crippen molar-refractivity contribution in [3.63, 3.8) is 0 Å². The second kappa shape index (κ2) is 6.85. The Labute approximate surface area is 115 Å². The summed E-state index contributed by atoms with van der Waals surface area (Å²) in [6, 6.07) is 4.33. The summed E-state index contributed by atoms with van der Waals surface area (Å²) in [4.78, 5) is 11.0. The SMILES string of the molecule is CC(C)C[C@H](NCc1cccc(Br)c1F)C(=O)O. The topological polar surface area (TPSA) is 49.3 Å². The molecule has 0 aliphatic heterocycles. The number of hydrogen-bond donors (Lipinski definition) is 2. The first-order valence-corrected chi connectivity index (χ1v) is 6.60. The summed E-state index contributed by atoms with van der Waals surface area (Å²) < 4.78 is 14.1. The molecule has 18 heavy (non-hydrogen) atoms. The molecule has 0 radical (unpaired) electrons. The van der Waals surface area contributed by atoms with Crippen molar-refractivity contribution in [2.45, 2.75) is 32.9 Å². The van der Waals surface area contributed by atoms with Crippen LogP contribution < -0.4 is 5.32 Å². The lowest BCUT2D eigenvalue weighted by Crippen LogP contribution is -2.37. The molecule has 0 bridgehead atoms. The van der Waals surface area contributed by atoms with Gasteiger partial charge in [-0.3, -0.25) is 4.79 Å². The highest BCUT2D eigenvalue weighted by molar-refractivity contribution is 9.10. The van der Waals surface area contributed by atoms with Crippen molar-refractivity contribution >= 4 is 21.9 Å². The third-order valence-corrected chi connectivity index (χ3v) is 3.19. The van der Waals surface area contributed by atoms with E-state index in [-0.39, 0.29) is 18.3 Å². The van der Waals surface area contributed by atoms with Crippen LogP contribution in [0.15, 0.2) is 22.7 Å². The van der Waals surface area contributed by atoms with Crippen molar-refractivity contribution < 1.29 is 14.3 Å². The lowest BCUT2D eigenvalue weighted by Gasteiger charge is -2.16. The molecule has 1 rings (SSSR count). The van der Waals surface area contributed by atoms with Gasteiger partial charge in [0.05, 0.1) is 4.47 Å². The highest BCUT2D eigenvalue weighted by Crippen LogP contribution is 2.18. The maximum Gasteiger partial charge on any atom is 0.320 e. The summed E-state index contributed by atoms with van der Waals surface area (Å²) >= 11 is 3.10. The minimum atomic E-state index is -0.904. The first kappa shape index (κ1) is 15.1. The van der Waals surface area contributed by atoms with Crippen LogP contribution in [0, 0.1) is 11.7 Å². The van der Waals surface area contributed by atoms with E-state index in [1.54, 1.807) is 18.2 Å². The van der Waals surface area contributed by atoms with Gasteiger partial charge < -0.3 is 10.4 Å². The molecule has 1 atom stereocenters. The molecule has 2 N–H and O–H groups in total. The quantitative estimate of drug-likeness (QED) is 0.847. The standard InChI is InChI=1S/C13H17BrFNO2/c1-8(2)6-11(13(17)18)16-7-9-4-3-5-10(14)12(9)15/h3-5,8,11,16H,6-7H2,1-2H3,(H,17,18)/t11-/m0/s1. The fraction of sp³-hybridized carbons (Fsp3) is 0.462. The minimum Gasteiger partial charge on any atom is -0.480 e. The molecule has 0 aliphatic rings. The van der Waals surface area contributed by atoms with E-state index in [1.807, 2.05) is 13.8 Å². The second-order valence-corrected chi connectivity index (χ2v) is 5.47. The summed E-state index contributed by atoms with van der Waals surface area (Å²) in [6.07, 6.45) is 0.519. The largest absolute Gasteiger partial charge is 0.480 e. The van der Waals surface area contributed by atoms with E-state index in [1.165, 1.54) is 0 Å². The number of halogens is 2. The number of carboxylic acids is 1. The Morgan fingerprint density at radius 2 is 2.17 bits per heavy atom. The lowest BCUT2D eigenvalue weighted by molar-refractivity contribution is -0.140. The Balaban J connectivity index is 2.67. The van der Waals surface area contributed by atoms with Gasteiger partial charge in [0.25, 0.3) is 0 Å². The fourth-order valence-electron chi connectivity index (χ4n) is 1.66. The number of benzene rings is 1. The Morgan fingerprint density at radius 3 is 2.72 bits per heavy atom. The van der Waals surface area contributed by atoms with E-state index in [0.29, 0.717) is 16.5 Å². The molecule has 0 fully saturated rings. The summed E-state index contributed by atoms with van der Waals surface area (Å²) in [5.41, 5.74) is 0.458. The third kappa shape index (κ3) is 4.38. The van der Waals surface area contributed by atoms with Crippen LogP contribution in [-0.4, -0.2) is 17.1 Å². The zero-order chi connectivity index (χ0) is 13.7. The first-order chi connectivity index (χ1) is 8.41. The van der Waals surface area contributed by atoms with Gasteiger partial charge >= 0.3 is 5.97 Å². The van der Waals surface area contributed by atoms with Gasteiger partial charge in [0.2, 0.25) is 0 Å². The van der Waals surface area contributed by atoms with Gasteiger partial charge in [0.1, 0.15) is 11.9 Å². The van der Waals surface area contributed by atoms with Crippen LogP contribution in [-0.2, 0) is 11.3 Å². The van der Waals surface area contributed by atoms with E-state index in [4.69, 9.17) is 5.11 Å². The maximum atomic E-state index is 13.7. The average Bonchev–Trinajstić information content (AvgIpc) is 2.28. The van der Waals surface area contributed by atoms with Gasteiger partial charge in [-0.15, -0.1) is 0 Å². The number of hydrogen-bond acceptors (Lipinski definition) is 2. The highest BCUT2D eigenvalue weighted by atomic mass is 79.9. The predicted octanol–water partition coefficient (Wildman–Crippen LogP) is 3.18. The summed E-state index contributed by atoms with van der Waals surface area (Å²) in [6.45, 7) is 4.11. The summed E-state index contributed by atoms with van der Waals surface area (Å²) in [5, 5.41) is 11.9. The Morgan fingerprint density at radius 1 is 1.50 bits per heavy atom. The van der Waals surface area contributed by atoms with Gasteiger partial charge in [-0.2, -0.15) is 0 Å². The molecule has 0 spiro atoms. The number of nitrogens with one attached hydrogen (secondary N) is 1. The minimum absolute atomic E-state index is 0.203. The Bertz CT molecular complexity index is 423. The van der Waals surface area contributed by atoms with E-state index in [2.05, 4.69) is 21.2 Å². The van der Waals surface area contributed by atoms with Crippen LogP contribution in [0.5, 0.6) is 0 Å². The van der Waals surface area contributed by atoms with Crippen molar-refractivity contribution in [3.8, 4) is 0 Å². The van der Waals surface area contributed by atoms with Gasteiger partial charge in [-0.25, -0.2) is 4.39 Å². The van der Waals surface area contributed by atoms with Gasteiger partial charge in [0, 0.05) is 12.1 Å². The predicted molar refractivity (Wildman–Crippen MR) is 71.8 cm³/mol. The number of rotatable bonds is 6. The van der Waals surface area contributed by atoms with Gasteiger partial charge in [0.15, 0.2) is 0 Å². The number of carbonyl (C=O) groups is 1. The molecule has 5 heteroatoms. The average molecular weight is 318 g/mol. The van der Waals surface area contributed by atoms with Gasteiger partial charge in [-0.1, -0.05) is 26.0 Å². The molecule has 3 nitrogen and oxygen atoms in total. The van der Waals surface area contributed by atoms with E-state index < -0.39 is 12.0 Å². The van der Waals surface area contributed by atoms with Gasteiger partial charge in [-0.05, 0) is 34.3 Å². The molecule has 0 unspecified atom stereocenters. The zero-order valence-corrected chi connectivity index (χ0v) is 12.0. The van der Waals surface area contributed by atoms with Crippen LogP contribution in [0.3, 0.4) is 0 Å². The summed E-state index contributed by atoms with van der Waals surface area (Å²) in [7, 11) is 0. The Kier molecular flexibility index (Phi) is 5.75. The molecule has 0 heterocycles. The molecular weight excluding hydrogens is 301 g/mol. The van der Waals surface area contributed by atoms with Crippen LogP contribution in [0.4, 0.5) is 4.39 Å². The van der Waals surface area contributed by atoms with Crippen LogP contribution in [0.1, 0.15) is 25.8 Å². The smallest absolute Gasteiger partial charge is 0.320 e. The van der Waals surface area contributed by atoms with Crippen LogP contribution >= 0.6 is 15.9 Å². The Hall–Kier alpha value is -0.940. The molecule has 0 aliphatic carbocycles. The monoisotopic (exact) mass is 317 g/mol. The van der Waals surface area contributed by atoms with Crippen molar-refractivity contribution in [2.75, 3.05) is 0 Å². The fourth-order valence-corrected chi connectivity index (χ4v) is 2.07. The van der Waals surface area contributed by atoms with E-state index in [0.717, 1.165) is 0 Å². The van der Waals surface area contributed by atoms with E-state index >= 15 is 0 Å². The summed E-state index contributed by atoms with van der Waals surface area (Å²) in [5.74, 6) is -0.983. The van der Waals surface area contributed by atoms with Crippen molar-refractivity contribution in [2.24, 2.45) is 5.92 Å². The van der Waals surface area contributed by atoms with Crippen molar-refractivity contribution in [1.29, 1.82) is 0 Å². The van der Waals surface area contributed by atoms with E-state index in [9.17, 15) is 9.18 Å². The maximum absolute atomic E-state index is 13.7. The molecule has 100 valence electrons. The molecule has 0 aromatic heterocycles. The number of aliphatic carboxylic acids is 1.